The van der Waals surface area contributed by atoms with E-state index in [1.165, 1.54) is 5.56 Å². The van der Waals surface area contributed by atoms with Crippen molar-refractivity contribution in [2.45, 2.75) is 27.3 Å². The van der Waals surface area contributed by atoms with Crippen molar-refractivity contribution in [2.24, 2.45) is 0 Å². The summed E-state index contributed by atoms with van der Waals surface area (Å²) >= 11 is 0. The molecule has 1 aliphatic heterocycles. The quantitative estimate of drug-likeness (QED) is 0.355. The van der Waals surface area contributed by atoms with Crippen LogP contribution < -0.4 is 21.3 Å². The lowest BCUT2D eigenvalue weighted by Gasteiger charge is -2.30. The molecule has 0 unspecified atom stereocenters. The molecule has 3 aromatic rings. The first kappa shape index (κ1) is 27.2. The summed E-state index contributed by atoms with van der Waals surface area (Å²) in [6, 6.07) is 18.6. The molecule has 0 spiro atoms. The number of aryl methyl sites for hydroxylation is 1. The predicted molar refractivity (Wildman–Crippen MR) is 154 cm³/mol. The summed E-state index contributed by atoms with van der Waals surface area (Å²) in [5.41, 5.74) is 11.9. The van der Waals surface area contributed by atoms with Crippen molar-refractivity contribution in [1.82, 2.24) is 4.90 Å². The SMILES string of the molecule is CCN(CC)Cc1ccc(C(=O)Nc2cc(NC(=O)c3cccc(N4CCOCC4)c3N)ccc2C)cc1. The van der Waals surface area contributed by atoms with Crippen molar-refractivity contribution < 1.29 is 14.3 Å². The molecule has 38 heavy (non-hydrogen) atoms. The minimum Gasteiger partial charge on any atom is -0.396 e. The molecule has 4 N–H and O–H groups in total. The van der Waals surface area contributed by atoms with Crippen molar-refractivity contribution >= 4 is 34.6 Å². The van der Waals surface area contributed by atoms with Gasteiger partial charge in [0.1, 0.15) is 0 Å². The number of hydrogen-bond acceptors (Lipinski definition) is 6. The zero-order valence-corrected chi connectivity index (χ0v) is 22.4. The van der Waals surface area contributed by atoms with Gasteiger partial charge in [0, 0.05) is 36.6 Å². The maximum Gasteiger partial charge on any atom is 0.257 e. The van der Waals surface area contributed by atoms with Gasteiger partial charge in [0.15, 0.2) is 0 Å². The number of carbonyl (C=O) groups is 2. The maximum atomic E-state index is 13.1. The van der Waals surface area contributed by atoms with E-state index in [0.717, 1.165) is 44.0 Å². The smallest absolute Gasteiger partial charge is 0.257 e. The first-order chi connectivity index (χ1) is 18.4. The molecule has 0 aromatic heterocycles. The van der Waals surface area contributed by atoms with E-state index in [1.54, 1.807) is 12.1 Å². The number of para-hydroxylation sites is 1. The molecule has 0 bridgehead atoms. The Balaban J connectivity index is 1.44. The molecule has 3 aromatic carbocycles. The van der Waals surface area contributed by atoms with Crippen LogP contribution in [-0.4, -0.2) is 56.1 Å². The van der Waals surface area contributed by atoms with Gasteiger partial charge in [-0.25, -0.2) is 0 Å². The molecule has 4 rings (SSSR count). The fourth-order valence-corrected chi connectivity index (χ4v) is 4.53. The van der Waals surface area contributed by atoms with Crippen molar-refractivity contribution in [1.29, 1.82) is 0 Å². The summed E-state index contributed by atoms with van der Waals surface area (Å²) in [4.78, 5) is 30.6. The number of nitrogens with two attached hydrogens (primary N) is 1. The monoisotopic (exact) mass is 515 g/mol. The van der Waals surface area contributed by atoms with E-state index >= 15 is 0 Å². The number of morpholine rings is 1. The number of amides is 2. The number of nitrogens with one attached hydrogen (secondary N) is 2. The van der Waals surface area contributed by atoms with Gasteiger partial charge in [0.05, 0.1) is 30.2 Å². The highest BCUT2D eigenvalue weighted by atomic mass is 16.5. The Hall–Kier alpha value is -3.88. The van der Waals surface area contributed by atoms with Gasteiger partial charge in [0.2, 0.25) is 0 Å². The van der Waals surface area contributed by atoms with Crippen LogP contribution in [0.25, 0.3) is 0 Å². The molecule has 0 aliphatic carbocycles. The van der Waals surface area contributed by atoms with Gasteiger partial charge in [0.25, 0.3) is 11.8 Å². The average molecular weight is 516 g/mol. The number of benzene rings is 3. The molecule has 200 valence electrons. The molecule has 1 fully saturated rings. The molecule has 8 nitrogen and oxygen atoms in total. The molecule has 1 heterocycles. The lowest BCUT2D eigenvalue weighted by atomic mass is 10.1. The number of carbonyl (C=O) groups excluding carboxylic acids is 2. The Bertz CT molecular complexity index is 1270. The third-order valence-electron chi connectivity index (χ3n) is 6.94. The third-order valence-corrected chi connectivity index (χ3v) is 6.94. The standard InChI is InChI=1S/C30H37N5O3/c1-4-34(5-2)20-22-10-12-23(13-11-22)29(36)33-26-19-24(14-9-21(26)3)32-30(37)25-7-6-8-27(28(25)31)35-15-17-38-18-16-35/h6-14,19H,4-5,15-18,20,31H2,1-3H3,(H,32,37)(H,33,36). The van der Waals surface area contributed by atoms with Crippen molar-refractivity contribution in [3.8, 4) is 0 Å². The highest BCUT2D eigenvalue weighted by molar-refractivity contribution is 6.10. The third kappa shape index (κ3) is 6.51. The van der Waals surface area contributed by atoms with E-state index in [1.807, 2.05) is 55.5 Å². The highest BCUT2D eigenvalue weighted by Gasteiger charge is 2.19. The van der Waals surface area contributed by atoms with Crippen molar-refractivity contribution in [3.05, 3.63) is 82.9 Å². The summed E-state index contributed by atoms with van der Waals surface area (Å²) in [6.07, 6.45) is 0. The summed E-state index contributed by atoms with van der Waals surface area (Å²) in [5, 5.41) is 5.91. The largest absolute Gasteiger partial charge is 0.396 e. The van der Waals surface area contributed by atoms with Gasteiger partial charge in [-0.1, -0.05) is 38.1 Å². The van der Waals surface area contributed by atoms with Crippen LogP contribution in [-0.2, 0) is 11.3 Å². The molecule has 8 heteroatoms. The van der Waals surface area contributed by atoms with Crippen LogP contribution >= 0.6 is 0 Å². The van der Waals surface area contributed by atoms with E-state index in [9.17, 15) is 9.59 Å². The second kappa shape index (κ2) is 12.6. The van der Waals surface area contributed by atoms with E-state index in [4.69, 9.17) is 10.5 Å². The van der Waals surface area contributed by atoms with Gasteiger partial charge < -0.3 is 26.0 Å². The van der Waals surface area contributed by atoms with Gasteiger partial charge >= 0.3 is 0 Å². The van der Waals surface area contributed by atoms with Gasteiger partial charge in [-0.2, -0.15) is 0 Å². The van der Waals surface area contributed by atoms with E-state index in [-0.39, 0.29) is 11.8 Å². The highest BCUT2D eigenvalue weighted by Crippen LogP contribution is 2.29. The first-order valence-corrected chi connectivity index (χ1v) is 13.2. The van der Waals surface area contributed by atoms with Gasteiger partial charge in [-0.15, -0.1) is 0 Å². The van der Waals surface area contributed by atoms with Crippen LogP contribution in [0.15, 0.2) is 60.7 Å². The summed E-state index contributed by atoms with van der Waals surface area (Å²) in [5.74, 6) is -0.504. The van der Waals surface area contributed by atoms with E-state index < -0.39 is 0 Å². The number of ether oxygens (including phenoxy) is 1. The summed E-state index contributed by atoms with van der Waals surface area (Å²) < 4.78 is 5.43. The van der Waals surface area contributed by atoms with Crippen LogP contribution in [0.3, 0.4) is 0 Å². The number of nitrogen functional groups attached to an aromatic ring is 1. The summed E-state index contributed by atoms with van der Waals surface area (Å²) in [7, 11) is 0. The lowest BCUT2D eigenvalue weighted by molar-refractivity contribution is 0.101. The number of hydrogen-bond donors (Lipinski definition) is 3. The number of nitrogens with zero attached hydrogens (tertiary/aromatic N) is 2. The number of anilines is 4. The molecule has 0 radical (unpaired) electrons. The van der Waals surface area contributed by atoms with Crippen molar-refractivity contribution in [2.75, 3.05) is 60.7 Å². The zero-order valence-electron chi connectivity index (χ0n) is 22.4. The van der Waals surface area contributed by atoms with Crippen LogP contribution in [0.4, 0.5) is 22.7 Å². The minimum absolute atomic E-state index is 0.201. The van der Waals surface area contributed by atoms with Crippen LogP contribution in [0.2, 0.25) is 0 Å². The lowest BCUT2D eigenvalue weighted by Crippen LogP contribution is -2.36. The van der Waals surface area contributed by atoms with Crippen LogP contribution in [0.5, 0.6) is 0 Å². The average Bonchev–Trinajstić information content (AvgIpc) is 2.94. The van der Waals surface area contributed by atoms with Gasteiger partial charge in [-0.05, 0) is 67.5 Å². The second-order valence-electron chi connectivity index (χ2n) is 9.43. The Morgan fingerprint density at radius 2 is 1.66 bits per heavy atom. The van der Waals surface area contributed by atoms with E-state index in [2.05, 4.69) is 34.3 Å². The van der Waals surface area contributed by atoms with Crippen LogP contribution in [0.1, 0.15) is 45.7 Å². The van der Waals surface area contributed by atoms with Crippen molar-refractivity contribution in [3.63, 3.8) is 0 Å². The second-order valence-corrected chi connectivity index (χ2v) is 9.43. The fourth-order valence-electron chi connectivity index (χ4n) is 4.53. The maximum absolute atomic E-state index is 13.1. The number of rotatable bonds is 9. The first-order valence-electron chi connectivity index (χ1n) is 13.2. The normalized spacial score (nSPS) is 13.4. The molecule has 1 saturated heterocycles. The predicted octanol–water partition coefficient (Wildman–Crippen LogP) is 4.76. The molecule has 2 amide bonds. The Kier molecular flexibility index (Phi) is 8.99. The Morgan fingerprint density at radius 1 is 0.947 bits per heavy atom. The summed E-state index contributed by atoms with van der Waals surface area (Å²) in [6.45, 7) is 11.7. The van der Waals surface area contributed by atoms with Gasteiger partial charge in [-0.3, -0.25) is 14.5 Å². The Morgan fingerprint density at radius 3 is 2.34 bits per heavy atom. The molecular weight excluding hydrogens is 478 g/mol. The fraction of sp³-hybridized carbons (Fsp3) is 0.333. The molecule has 0 atom stereocenters. The van der Waals surface area contributed by atoms with Crippen LogP contribution in [0, 0.1) is 6.92 Å². The zero-order chi connectivity index (χ0) is 27.1. The van der Waals surface area contributed by atoms with E-state index in [0.29, 0.717) is 41.4 Å². The molecule has 0 saturated carbocycles. The topological polar surface area (TPSA) is 99.9 Å². The Labute approximate surface area is 224 Å². The molecular formula is C30H37N5O3. The molecule has 1 aliphatic rings. The minimum atomic E-state index is -0.303.